The van der Waals surface area contributed by atoms with Gasteiger partial charge in [0.2, 0.25) is 0 Å². The van der Waals surface area contributed by atoms with Crippen LogP contribution in [0.5, 0.6) is 0 Å². The van der Waals surface area contributed by atoms with Gasteiger partial charge in [0, 0.05) is 0 Å². The van der Waals surface area contributed by atoms with Crippen molar-refractivity contribution in [1.29, 1.82) is 0 Å². The number of rotatable bonds is 7. The van der Waals surface area contributed by atoms with Gasteiger partial charge >= 0.3 is 0 Å². The maximum Gasteiger partial charge on any atom is -0.0148 e. The van der Waals surface area contributed by atoms with Crippen LogP contribution in [0.3, 0.4) is 0 Å². The van der Waals surface area contributed by atoms with Crippen molar-refractivity contribution in [1.82, 2.24) is 0 Å². The minimum absolute atomic E-state index is 0.899. The van der Waals surface area contributed by atoms with Crippen molar-refractivity contribution in [3.8, 4) is 0 Å². The molecule has 6 fully saturated rings. The van der Waals surface area contributed by atoms with Crippen molar-refractivity contribution in [2.24, 2.45) is 46.3 Å². The first-order valence-corrected chi connectivity index (χ1v) is 9.88. The lowest BCUT2D eigenvalue weighted by atomic mass is 9.48. The van der Waals surface area contributed by atoms with Gasteiger partial charge in [0.1, 0.15) is 0 Å². The maximum absolute atomic E-state index is 1.63. The maximum atomic E-state index is 1.63. The molecule has 0 saturated heterocycles. The van der Waals surface area contributed by atoms with Crippen LogP contribution in [0.2, 0.25) is 0 Å². The van der Waals surface area contributed by atoms with E-state index in [9.17, 15) is 0 Å². The highest BCUT2D eigenvalue weighted by Gasteiger charge is 2.77. The van der Waals surface area contributed by atoms with E-state index < -0.39 is 0 Å². The molecule has 0 radical (unpaired) electrons. The highest BCUT2D eigenvalue weighted by atomic mass is 14.8. The molecule has 0 spiro atoms. The van der Waals surface area contributed by atoms with Crippen molar-refractivity contribution in [2.45, 2.75) is 77.0 Å². The van der Waals surface area contributed by atoms with Crippen LogP contribution in [-0.4, -0.2) is 0 Å². The third-order valence-corrected chi connectivity index (χ3v) is 8.27. The molecule has 0 nitrogen and oxygen atoms in total. The molecule has 6 saturated carbocycles. The summed E-state index contributed by atoms with van der Waals surface area (Å²) in [5.41, 5.74) is 1.80. The van der Waals surface area contributed by atoms with Crippen LogP contribution in [-0.2, 0) is 0 Å². The molecular formula is C20H30. The van der Waals surface area contributed by atoms with Gasteiger partial charge in [-0.25, -0.2) is 0 Å². The molecular weight excluding hydrogens is 240 g/mol. The van der Waals surface area contributed by atoms with Gasteiger partial charge in [-0.2, -0.15) is 0 Å². The zero-order chi connectivity index (χ0) is 12.9. The molecule has 20 heavy (non-hydrogen) atoms. The lowest BCUT2D eigenvalue weighted by Crippen LogP contribution is -2.52. The van der Waals surface area contributed by atoms with E-state index in [0.717, 1.165) is 10.8 Å². The third kappa shape index (κ3) is 1.31. The van der Waals surface area contributed by atoms with Crippen LogP contribution >= 0.6 is 0 Å². The van der Waals surface area contributed by atoms with Gasteiger partial charge in [-0.3, -0.25) is 0 Å². The Labute approximate surface area is 124 Å². The Kier molecular flexibility index (Phi) is 2.02. The van der Waals surface area contributed by atoms with E-state index in [2.05, 4.69) is 0 Å². The van der Waals surface area contributed by atoms with Crippen molar-refractivity contribution in [3.63, 3.8) is 0 Å². The fraction of sp³-hybridized carbons (Fsp3) is 1.00. The molecule has 0 aromatic rings. The summed E-state index contributed by atoms with van der Waals surface area (Å²) in [5.74, 6) is 7.19. The standard InChI is InChI=1S/C20H30/c1-2-13(1)19(14-3-4-14,15-5-6-15)20(16-7-8-16,17-9-10-17)18-11-12-18/h13-18H,1-12H2. The molecule has 0 N–H and O–H groups in total. The van der Waals surface area contributed by atoms with Gasteiger partial charge in [0.25, 0.3) is 0 Å². The van der Waals surface area contributed by atoms with Crippen molar-refractivity contribution < 1.29 is 0 Å². The Balaban J connectivity index is 1.54. The van der Waals surface area contributed by atoms with Gasteiger partial charge in [-0.1, -0.05) is 0 Å². The molecule has 0 heterocycles. The Morgan fingerprint density at radius 3 is 0.550 bits per heavy atom. The second kappa shape index (κ2) is 3.49. The zero-order valence-electron chi connectivity index (χ0n) is 12.9. The molecule has 0 unspecified atom stereocenters. The summed E-state index contributed by atoms with van der Waals surface area (Å²) in [6, 6.07) is 0. The molecule has 6 aliphatic rings. The average molecular weight is 270 g/mol. The summed E-state index contributed by atoms with van der Waals surface area (Å²) in [4.78, 5) is 0. The molecule has 0 aliphatic heterocycles. The summed E-state index contributed by atoms with van der Waals surface area (Å²) in [6.45, 7) is 0. The fourth-order valence-electron chi connectivity index (χ4n) is 7.49. The lowest BCUT2D eigenvalue weighted by Gasteiger charge is -2.55. The fourth-order valence-corrected chi connectivity index (χ4v) is 7.49. The Bertz CT molecular complexity index is 320. The first-order valence-electron chi connectivity index (χ1n) is 9.88. The van der Waals surface area contributed by atoms with E-state index >= 15 is 0 Å². The Morgan fingerprint density at radius 2 is 0.450 bits per heavy atom. The van der Waals surface area contributed by atoms with Gasteiger partial charge in [0.15, 0.2) is 0 Å². The monoisotopic (exact) mass is 270 g/mol. The van der Waals surface area contributed by atoms with E-state index in [1.54, 1.807) is 77.0 Å². The molecule has 0 aromatic carbocycles. The van der Waals surface area contributed by atoms with Crippen LogP contribution in [0.4, 0.5) is 0 Å². The lowest BCUT2D eigenvalue weighted by molar-refractivity contribution is -0.0899. The zero-order valence-corrected chi connectivity index (χ0v) is 12.9. The highest BCUT2D eigenvalue weighted by molar-refractivity contribution is 5.26. The Hall–Kier alpha value is 0. The molecule has 0 atom stereocenters. The first-order chi connectivity index (χ1) is 9.88. The largest absolute Gasteiger partial charge is 0.0496 e. The molecule has 6 rings (SSSR count). The predicted octanol–water partition coefficient (Wildman–Crippen LogP) is 5.42. The molecule has 110 valence electrons. The smallest absolute Gasteiger partial charge is 0.0148 e. The van der Waals surface area contributed by atoms with Gasteiger partial charge in [0.05, 0.1) is 0 Å². The summed E-state index contributed by atoms with van der Waals surface area (Å²) < 4.78 is 0. The van der Waals surface area contributed by atoms with Crippen molar-refractivity contribution >= 4 is 0 Å². The van der Waals surface area contributed by atoms with Gasteiger partial charge < -0.3 is 0 Å². The molecule has 0 amide bonds. The minimum atomic E-state index is 0.899. The topological polar surface area (TPSA) is 0 Å². The van der Waals surface area contributed by atoms with Gasteiger partial charge in [-0.05, 0) is 123 Å². The molecule has 0 heteroatoms. The second-order valence-corrected chi connectivity index (χ2v) is 9.51. The van der Waals surface area contributed by atoms with E-state index in [0.29, 0.717) is 0 Å². The normalized spacial score (nSPS) is 35.4. The Morgan fingerprint density at radius 1 is 0.300 bits per heavy atom. The van der Waals surface area contributed by atoms with Crippen LogP contribution in [0.15, 0.2) is 0 Å². The van der Waals surface area contributed by atoms with Crippen molar-refractivity contribution in [3.05, 3.63) is 0 Å². The summed E-state index contributed by atoms with van der Waals surface area (Å²) in [7, 11) is 0. The summed E-state index contributed by atoms with van der Waals surface area (Å²) >= 11 is 0. The average Bonchev–Trinajstić information content (AvgIpc) is 3.29. The van der Waals surface area contributed by atoms with Crippen molar-refractivity contribution in [2.75, 3.05) is 0 Å². The molecule has 0 bridgehead atoms. The SMILES string of the molecule is C1CC1C(C1CC1)(C1CC1)C(C1CC1)(C1CC1)C1CC1. The predicted molar refractivity (Wildman–Crippen MR) is 81.2 cm³/mol. The molecule has 6 aliphatic carbocycles. The summed E-state index contributed by atoms with van der Waals surface area (Å²) in [6.07, 6.45) is 19.5. The van der Waals surface area contributed by atoms with E-state index in [4.69, 9.17) is 0 Å². The van der Waals surface area contributed by atoms with E-state index in [-0.39, 0.29) is 0 Å². The molecule has 0 aromatic heterocycles. The van der Waals surface area contributed by atoms with Crippen LogP contribution in [0.25, 0.3) is 0 Å². The van der Waals surface area contributed by atoms with E-state index in [1.165, 1.54) is 35.5 Å². The first kappa shape index (κ1) is 11.6. The van der Waals surface area contributed by atoms with Crippen LogP contribution in [0.1, 0.15) is 77.0 Å². The van der Waals surface area contributed by atoms with Crippen LogP contribution < -0.4 is 0 Å². The minimum Gasteiger partial charge on any atom is -0.0496 e. The van der Waals surface area contributed by atoms with E-state index in [1.807, 2.05) is 0 Å². The number of hydrogen-bond donors (Lipinski definition) is 0. The van der Waals surface area contributed by atoms with Gasteiger partial charge in [-0.15, -0.1) is 0 Å². The third-order valence-electron chi connectivity index (χ3n) is 8.27. The highest BCUT2D eigenvalue weighted by Crippen LogP contribution is 2.84. The van der Waals surface area contributed by atoms with Crippen LogP contribution in [0, 0.1) is 46.3 Å². The quantitative estimate of drug-likeness (QED) is 0.579. The number of hydrogen-bond acceptors (Lipinski definition) is 0. The summed E-state index contributed by atoms with van der Waals surface area (Å²) in [5, 5.41) is 0. The second-order valence-electron chi connectivity index (χ2n) is 9.51.